The van der Waals surface area contributed by atoms with E-state index in [9.17, 15) is 9.59 Å². The zero-order chi connectivity index (χ0) is 17.1. The SMILES string of the molecule is CC(=O)N1CCC(C(=O)NCCc2ncc(C)n2CC2CC2)CC1. The van der Waals surface area contributed by atoms with Crippen molar-refractivity contribution < 1.29 is 9.59 Å². The van der Waals surface area contributed by atoms with Gasteiger partial charge in [0.15, 0.2) is 0 Å². The number of likely N-dealkylation sites (tertiary alicyclic amines) is 1. The van der Waals surface area contributed by atoms with E-state index in [0.717, 1.165) is 37.5 Å². The second-order valence-electron chi connectivity index (χ2n) is 7.19. The van der Waals surface area contributed by atoms with Gasteiger partial charge in [0.25, 0.3) is 0 Å². The Labute approximate surface area is 143 Å². The number of nitrogens with one attached hydrogen (secondary N) is 1. The van der Waals surface area contributed by atoms with Gasteiger partial charge in [0, 0.05) is 57.3 Å². The van der Waals surface area contributed by atoms with Crippen LogP contribution in [0.1, 0.15) is 44.1 Å². The fourth-order valence-electron chi connectivity index (χ4n) is 3.42. The smallest absolute Gasteiger partial charge is 0.223 e. The molecule has 0 aromatic carbocycles. The molecule has 1 aromatic rings. The highest BCUT2D eigenvalue weighted by molar-refractivity contribution is 5.79. The van der Waals surface area contributed by atoms with E-state index in [-0.39, 0.29) is 17.7 Å². The normalized spacial score (nSPS) is 18.7. The van der Waals surface area contributed by atoms with E-state index in [0.29, 0.717) is 19.6 Å². The van der Waals surface area contributed by atoms with E-state index in [2.05, 4.69) is 21.8 Å². The van der Waals surface area contributed by atoms with Gasteiger partial charge in [-0.25, -0.2) is 4.98 Å². The minimum atomic E-state index is 0.0357. The van der Waals surface area contributed by atoms with Gasteiger partial charge in [0.1, 0.15) is 5.82 Å². The molecule has 6 heteroatoms. The summed E-state index contributed by atoms with van der Waals surface area (Å²) in [6, 6.07) is 0. The number of carbonyl (C=O) groups is 2. The summed E-state index contributed by atoms with van der Waals surface area (Å²) in [6.07, 6.45) is 6.89. The second kappa shape index (κ2) is 7.36. The number of aromatic nitrogens is 2. The summed E-state index contributed by atoms with van der Waals surface area (Å²) < 4.78 is 2.30. The summed E-state index contributed by atoms with van der Waals surface area (Å²) in [4.78, 5) is 30.0. The van der Waals surface area contributed by atoms with Crippen LogP contribution < -0.4 is 5.32 Å². The lowest BCUT2D eigenvalue weighted by Crippen LogP contribution is -2.42. The average Bonchev–Trinajstić information content (AvgIpc) is 3.33. The summed E-state index contributed by atoms with van der Waals surface area (Å²) in [5.41, 5.74) is 1.21. The molecule has 6 nitrogen and oxygen atoms in total. The molecular weight excluding hydrogens is 304 g/mol. The largest absolute Gasteiger partial charge is 0.355 e. The van der Waals surface area contributed by atoms with E-state index in [1.807, 2.05) is 11.1 Å². The Kier molecular flexibility index (Phi) is 5.21. The number of carbonyl (C=O) groups excluding carboxylic acids is 2. The van der Waals surface area contributed by atoms with Crippen molar-refractivity contribution in [3.05, 3.63) is 17.7 Å². The van der Waals surface area contributed by atoms with Crippen molar-refractivity contribution in [2.45, 2.75) is 52.5 Å². The second-order valence-corrected chi connectivity index (χ2v) is 7.19. The van der Waals surface area contributed by atoms with Gasteiger partial charge in [-0.15, -0.1) is 0 Å². The molecule has 0 unspecified atom stereocenters. The maximum atomic E-state index is 12.3. The number of piperidine rings is 1. The third-order valence-electron chi connectivity index (χ3n) is 5.23. The maximum Gasteiger partial charge on any atom is 0.223 e. The van der Waals surface area contributed by atoms with Crippen molar-refractivity contribution in [1.82, 2.24) is 19.8 Å². The van der Waals surface area contributed by atoms with Crippen molar-refractivity contribution in [3.8, 4) is 0 Å². The highest BCUT2D eigenvalue weighted by atomic mass is 16.2. The highest BCUT2D eigenvalue weighted by Gasteiger charge is 2.26. The van der Waals surface area contributed by atoms with Gasteiger partial charge in [-0.05, 0) is 38.5 Å². The maximum absolute atomic E-state index is 12.3. The lowest BCUT2D eigenvalue weighted by atomic mass is 9.96. The van der Waals surface area contributed by atoms with Crippen LogP contribution in [0.25, 0.3) is 0 Å². The molecule has 0 atom stereocenters. The van der Waals surface area contributed by atoms with Crippen molar-refractivity contribution in [2.75, 3.05) is 19.6 Å². The van der Waals surface area contributed by atoms with Crippen LogP contribution in [0.5, 0.6) is 0 Å². The number of nitrogens with zero attached hydrogens (tertiary/aromatic N) is 3. The fraction of sp³-hybridized carbons (Fsp3) is 0.722. The van der Waals surface area contributed by atoms with Crippen LogP contribution in [-0.4, -0.2) is 45.9 Å². The first kappa shape index (κ1) is 17.0. The summed E-state index contributed by atoms with van der Waals surface area (Å²) in [6.45, 7) is 6.77. The molecule has 132 valence electrons. The molecule has 1 saturated heterocycles. The molecule has 1 aromatic heterocycles. The number of amides is 2. The molecule has 2 amide bonds. The van der Waals surface area contributed by atoms with Crippen LogP contribution in [0.15, 0.2) is 6.20 Å². The zero-order valence-electron chi connectivity index (χ0n) is 14.8. The van der Waals surface area contributed by atoms with Gasteiger partial charge in [-0.3, -0.25) is 9.59 Å². The molecular formula is C18H28N4O2. The van der Waals surface area contributed by atoms with Gasteiger partial charge >= 0.3 is 0 Å². The predicted octanol–water partition coefficient (Wildman–Crippen LogP) is 1.52. The fourth-order valence-corrected chi connectivity index (χ4v) is 3.42. The summed E-state index contributed by atoms with van der Waals surface area (Å²) >= 11 is 0. The van der Waals surface area contributed by atoms with Crippen molar-refractivity contribution in [3.63, 3.8) is 0 Å². The van der Waals surface area contributed by atoms with Crippen LogP contribution >= 0.6 is 0 Å². The van der Waals surface area contributed by atoms with Crippen molar-refractivity contribution in [1.29, 1.82) is 0 Å². The number of hydrogen-bond donors (Lipinski definition) is 1. The third kappa shape index (κ3) is 4.16. The van der Waals surface area contributed by atoms with E-state index < -0.39 is 0 Å². The molecule has 3 rings (SSSR count). The Bertz CT molecular complexity index is 598. The molecule has 1 saturated carbocycles. The lowest BCUT2D eigenvalue weighted by Gasteiger charge is -2.30. The number of rotatable bonds is 6. The van der Waals surface area contributed by atoms with E-state index in [4.69, 9.17) is 0 Å². The minimum absolute atomic E-state index is 0.0357. The molecule has 2 fully saturated rings. The van der Waals surface area contributed by atoms with Gasteiger partial charge in [-0.1, -0.05) is 0 Å². The number of hydrogen-bond acceptors (Lipinski definition) is 3. The van der Waals surface area contributed by atoms with Crippen LogP contribution in [0.2, 0.25) is 0 Å². The Balaban J connectivity index is 1.43. The zero-order valence-corrected chi connectivity index (χ0v) is 14.8. The summed E-state index contributed by atoms with van der Waals surface area (Å²) in [5.74, 6) is 2.15. The molecule has 1 aliphatic heterocycles. The molecule has 24 heavy (non-hydrogen) atoms. The van der Waals surface area contributed by atoms with Crippen LogP contribution in [0, 0.1) is 18.8 Å². The molecule has 1 aliphatic carbocycles. The summed E-state index contributed by atoms with van der Waals surface area (Å²) in [7, 11) is 0. The highest BCUT2D eigenvalue weighted by Crippen LogP contribution is 2.31. The topological polar surface area (TPSA) is 67.2 Å². The van der Waals surface area contributed by atoms with Crippen LogP contribution in [0.3, 0.4) is 0 Å². The first-order valence-electron chi connectivity index (χ1n) is 9.09. The predicted molar refractivity (Wildman–Crippen MR) is 91.4 cm³/mol. The van der Waals surface area contributed by atoms with E-state index >= 15 is 0 Å². The van der Waals surface area contributed by atoms with Crippen molar-refractivity contribution in [2.24, 2.45) is 11.8 Å². The van der Waals surface area contributed by atoms with Gasteiger partial charge in [-0.2, -0.15) is 0 Å². The Morgan fingerprint density at radius 2 is 1.96 bits per heavy atom. The first-order valence-corrected chi connectivity index (χ1v) is 9.09. The van der Waals surface area contributed by atoms with E-state index in [1.54, 1.807) is 6.92 Å². The summed E-state index contributed by atoms with van der Waals surface area (Å²) in [5, 5.41) is 3.05. The molecule has 2 heterocycles. The third-order valence-corrected chi connectivity index (χ3v) is 5.23. The minimum Gasteiger partial charge on any atom is -0.355 e. The number of imidazole rings is 1. The number of aryl methyl sites for hydroxylation is 1. The molecule has 0 spiro atoms. The monoisotopic (exact) mass is 332 g/mol. The molecule has 2 aliphatic rings. The van der Waals surface area contributed by atoms with Gasteiger partial charge in [0.05, 0.1) is 0 Å². The quantitative estimate of drug-likeness (QED) is 0.859. The molecule has 0 radical (unpaired) electrons. The van der Waals surface area contributed by atoms with Crippen LogP contribution in [-0.2, 0) is 22.6 Å². The first-order chi connectivity index (χ1) is 11.5. The Hall–Kier alpha value is -1.85. The standard InChI is InChI=1S/C18H28N4O2/c1-13-11-20-17(22(13)12-15-3-4-15)5-8-19-18(24)16-6-9-21(10-7-16)14(2)23/h11,15-16H,3-10,12H2,1-2H3,(H,19,24). The van der Waals surface area contributed by atoms with E-state index in [1.165, 1.54) is 18.5 Å². The molecule has 0 bridgehead atoms. The molecule has 1 N–H and O–H groups in total. The lowest BCUT2D eigenvalue weighted by molar-refractivity contribution is -0.133. The van der Waals surface area contributed by atoms with Crippen LogP contribution in [0.4, 0.5) is 0 Å². The van der Waals surface area contributed by atoms with Crippen molar-refractivity contribution >= 4 is 11.8 Å². The van der Waals surface area contributed by atoms with Gasteiger partial charge in [0.2, 0.25) is 11.8 Å². The Morgan fingerprint density at radius 1 is 1.25 bits per heavy atom. The Morgan fingerprint density at radius 3 is 2.58 bits per heavy atom. The van der Waals surface area contributed by atoms with Gasteiger partial charge < -0.3 is 14.8 Å². The average molecular weight is 332 g/mol.